The maximum Gasteiger partial charge on any atom is 0.0634 e. The molecule has 2 heteroatoms. The van der Waals surface area contributed by atoms with Crippen molar-refractivity contribution in [2.24, 2.45) is 0 Å². The Morgan fingerprint density at radius 3 is 2.67 bits per heavy atom. The molecule has 0 aliphatic heterocycles. The number of aryl methyl sites for hydroxylation is 2. The van der Waals surface area contributed by atoms with Gasteiger partial charge in [0.15, 0.2) is 0 Å². The van der Waals surface area contributed by atoms with Crippen molar-refractivity contribution in [1.29, 1.82) is 0 Å². The molecule has 84 valence electrons. The summed E-state index contributed by atoms with van der Waals surface area (Å²) < 4.78 is 0. The molecule has 0 aliphatic carbocycles. The van der Waals surface area contributed by atoms with Crippen LogP contribution in [0.15, 0.2) is 18.2 Å². The van der Waals surface area contributed by atoms with Crippen molar-refractivity contribution in [3.05, 3.63) is 29.3 Å². The minimum atomic E-state index is 0.845. The number of anilines is 1. The molecule has 0 radical (unpaired) electrons. The average molecular weight is 207 g/mol. The maximum absolute atomic E-state index is 8.96. The number of nitrogens with one attached hydrogen (secondary N) is 1. The lowest BCUT2D eigenvalue weighted by atomic mass is 10.0. The molecule has 0 heterocycles. The van der Waals surface area contributed by atoms with Crippen LogP contribution >= 0.6 is 0 Å². The first-order chi connectivity index (χ1) is 7.27. The zero-order valence-corrected chi connectivity index (χ0v) is 9.71. The quantitative estimate of drug-likeness (QED) is 0.547. The van der Waals surface area contributed by atoms with Crippen LogP contribution in [-0.2, 0) is 6.42 Å². The first-order valence-electron chi connectivity index (χ1n) is 5.77. The van der Waals surface area contributed by atoms with Gasteiger partial charge in [0.25, 0.3) is 0 Å². The van der Waals surface area contributed by atoms with Crippen molar-refractivity contribution in [1.82, 2.24) is 0 Å². The summed E-state index contributed by atoms with van der Waals surface area (Å²) in [6, 6.07) is 6.09. The van der Waals surface area contributed by atoms with Gasteiger partial charge in [-0.2, -0.15) is 0 Å². The van der Waals surface area contributed by atoms with E-state index in [-0.39, 0.29) is 0 Å². The monoisotopic (exact) mass is 207 g/mol. The first kappa shape index (κ1) is 12.1. The minimum Gasteiger partial charge on any atom is -0.291 e. The largest absolute Gasteiger partial charge is 0.291 e. The molecular weight excluding hydrogens is 186 g/mol. The first-order valence-corrected chi connectivity index (χ1v) is 5.77. The number of benzene rings is 1. The zero-order valence-electron chi connectivity index (χ0n) is 9.71. The summed E-state index contributed by atoms with van der Waals surface area (Å²) in [7, 11) is 0. The summed E-state index contributed by atoms with van der Waals surface area (Å²) in [4.78, 5) is 0. The van der Waals surface area contributed by atoms with Crippen molar-refractivity contribution in [3.63, 3.8) is 0 Å². The predicted molar refractivity (Wildman–Crippen MR) is 64.4 cm³/mol. The van der Waals surface area contributed by atoms with Gasteiger partial charge in [0.1, 0.15) is 0 Å². The topological polar surface area (TPSA) is 32.3 Å². The van der Waals surface area contributed by atoms with E-state index < -0.39 is 0 Å². The number of hydrogen-bond donors (Lipinski definition) is 2. The maximum atomic E-state index is 8.96. The van der Waals surface area contributed by atoms with Gasteiger partial charge in [-0.1, -0.05) is 43.9 Å². The van der Waals surface area contributed by atoms with Gasteiger partial charge in [0, 0.05) is 0 Å². The molecule has 1 aromatic carbocycles. The molecule has 0 bridgehead atoms. The smallest absolute Gasteiger partial charge is 0.0634 e. The van der Waals surface area contributed by atoms with Crippen molar-refractivity contribution in [2.45, 2.75) is 46.0 Å². The van der Waals surface area contributed by atoms with Crippen LogP contribution in [0.5, 0.6) is 0 Å². The van der Waals surface area contributed by atoms with Gasteiger partial charge in [0.05, 0.1) is 5.69 Å². The fourth-order valence-electron chi connectivity index (χ4n) is 1.78. The van der Waals surface area contributed by atoms with Crippen LogP contribution in [0.2, 0.25) is 0 Å². The molecule has 0 spiro atoms. The lowest BCUT2D eigenvalue weighted by Gasteiger charge is -2.08. The summed E-state index contributed by atoms with van der Waals surface area (Å²) in [5, 5.41) is 8.96. The van der Waals surface area contributed by atoms with E-state index in [1.807, 2.05) is 12.1 Å². The van der Waals surface area contributed by atoms with Gasteiger partial charge in [-0.25, -0.2) is 0 Å². The molecule has 0 aliphatic rings. The van der Waals surface area contributed by atoms with Gasteiger partial charge in [-0.05, 0) is 31.4 Å². The molecule has 0 amide bonds. The van der Waals surface area contributed by atoms with Crippen molar-refractivity contribution >= 4 is 5.69 Å². The molecule has 2 nitrogen and oxygen atoms in total. The molecule has 1 rings (SSSR count). The van der Waals surface area contributed by atoms with Gasteiger partial charge in [0.2, 0.25) is 0 Å². The minimum absolute atomic E-state index is 0.845. The molecule has 0 saturated carbocycles. The number of hydrogen-bond acceptors (Lipinski definition) is 2. The highest BCUT2D eigenvalue weighted by molar-refractivity contribution is 5.50. The Kier molecular flexibility index (Phi) is 5.19. The Bertz CT molecular complexity index is 297. The number of rotatable bonds is 6. The van der Waals surface area contributed by atoms with Gasteiger partial charge < -0.3 is 0 Å². The van der Waals surface area contributed by atoms with Crippen LogP contribution < -0.4 is 5.48 Å². The summed E-state index contributed by atoms with van der Waals surface area (Å²) >= 11 is 0. The molecule has 0 fully saturated rings. The second kappa shape index (κ2) is 6.46. The second-order valence-electron chi connectivity index (χ2n) is 4.08. The third-order valence-electron chi connectivity index (χ3n) is 2.68. The zero-order chi connectivity index (χ0) is 11.1. The van der Waals surface area contributed by atoms with Crippen LogP contribution in [0.4, 0.5) is 5.69 Å². The molecule has 0 saturated heterocycles. The average Bonchev–Trinajstić information content (AvgIpc) is 2.25. The van der Waals surface area contributed by atoms with Crippen LogP contribution in [0.1, 0.15) is 43.7 Å². The highest BCUT2D eigenvalue weighted by atomic mass is 16.5. The highest BCUT2D eigenvalue weighted by Crippen LogP contribution is 2.19. The van der Waals surface area contributed by atoms with E-state index in [1.54, 1.807) is 0 Å². The van der Waals surface area contributed by atoms with Gasteiger partial charge in [-0.15, -0.1) is 0 Å². The third-order valence-corrected chi connectivity index (χ3v) is 2.68. The highest BCUT2D eigenvalue weighted by Gasteiger charge is 2.01. The van der Waals surface area contributed by atoms with Crippen LogP contribution in [0, 0.1) is 6.92 Å². The van der Waals surface area contributed by atoms with Crippen molar-refractivity contribution in [3.8, 4) is 0 Å². The molecule has 2 N–H and O–H groups in total. The summed E-state index contributed by atoms with van der Waals surface area (Å²) in [6.07, 6.45) is 6.08. The Morgan fingerprint density at radius 2 is 2.00 bits per heavy atom. The Hall–Kier alpha value is -1.02. The summed E-state index contributed by atoms with van der Waals surface area (Å²) in [6.45, 7) is 4.30. The summed E-state index contributed by atoms with van der Waals surface area (Å²) in [5.41, 5.74) is 5.57. The summed E-state index contributed by atoms with van der Waals surface area (Å²) in [5.74, 6) is 0. The normalized spacial score (nSPS) is 10.3. The van der Waals surface area contributed by atoms with Gasteiger partial charge >= 0.3 is 0 Å². The van der Waals surface area contributed by atoms with E-state index >= 15 is 0 Å². The predicted octanol–water partition coefficient (Wildman–Crippen LogP) is 3.92. The van der Waals surface area contributed by atoms with Crippen molar-refractivity contribution < 1.29 is 5.21 Å². The van der Waals surface area contributed by atoms with E-state index in [2.05, 4.69) is 25.4 Å². The molecule has 0 atom stereocenters. The van der Waals surface area contributed by atoms with Gasteiger partial charge in [-0.3, -0.25) is 10.7 Å². The molecule has 15 heavy (non-hydrogen) atoms. The van der Waals surface area contributed by atoms with E-state index in [9.17, 15) is 0 Å². The van der Waals surface area contributed by atoms with Crippen LogP contribution in [-0.4, -0.2) is 5.21 Å². The standard InChI is InChI=1S/C13H21NO/c1-3-4-5-6-7-12-10-11(2)8-9-13(12)14-15/h8-10,14-15H,3-7H2,1-2H3. The molecule has 1 aromatic rings. The Balaban J connectivity index is 2.54. The van der Waals surface area contributed by atoms with E-state index in [0.717, 1.165) is 12.1 Å². The SMILES string of the molecule is CCCCCCc1cc(C)ccc1NO. The Labute approximate surface area is 92.3 Å². The van der Waals surface area contributed by atoms with Crippen LogP contribution in [0.3, 0.4) is 0 Å². The fraction of sp³-hybridized carbons (Fsp3) is 0.538. The van der Waals surface area contributed by atoms with Crippen molar-refractivity contribution in [2.75, 3.05) is 5.48 Å². The molecule has 0 unspecified atom stereocenters. The van der Waals surface area contributed by atoms with E-state index in [0.29, 0.717) is 0 Å². The Morgan fingerprint density at radius 1 is 1.20 bits per heavy atom. The lowest BCUT2D eigenvalue weighted by molar-refractivity contribution is 0.388. The van der Waals surface area contributed by atoms with E-state index in [4.69, 9.17) is 5.21 Å². The third kappa shape index (κ3) is 3.92. The molecular formula is C13H21NO. The van der Waals surface area contributed by atoms with Crippen LogP contribution in [0.25, 0.3) is 0 Å². The second-order valence-corrected chi connectivity index (χ2v) is 4.08. The van der Waals surface area contributed by atoms with E-state index in [1.165, 1.54) is 36.8 Å². The fourth-order valence-corrected chi connectivity index (χ4v) is 1.78. The lowest BCUT2D eigenvalue weighted by Crippen LogP contribution is -1.97. The molecule has 0 aromatic heterocycles. The number of unbranched alkanes of at least 4 members (excludes halogenated alkanes) is 3.